The Kier molecular flexibility index (Phi) is 4.65. The minimum atomic E-state index is -0.974. The number of imide groups is 2. The maximum Gasteiger partial charge on any atom is 0.334 e. The zero-order valence-corrected chi connectivity index (χ0v) is 13.9. The third-order valence-corrected chi connectivity index (χ3v) is 4.95. The molecule has 1 heterocycles. The summed E-state index contributed by atoms with van der Waals surface area (Å²) in [5.41, 5.74) is 0.180. The van der Waals surface area contributed by atoms with Crippen LogP contribution >= 0.6 is 0 Å². The van der Waals surface area contributed by atoms with Gasteiger partial charge < -0.3 is 0 Å². The van der Waals surface area contributed by atoms with Crippen LogP contribution in [0.3, 0.4) is 0 Å². The number of benzene rings is 1. The fraction of sp³-hybridized carbons (Fsp3) is 0.444. The van der Waals surface area contributed by atoms with Crippen LogP contribution in [0.25, 0.3) is 0 Å². The van der Waals surface area contributed by atoms with Crippen LogP contribution < -0.4 is 0 Å². The molecule has 2 atom stereocenters. The molecule has 0 radical (unpaired) electrons. The molecule has 1 aromatic carbocycles. The van der Waals surface area contributed by atoms with Crippen molar-refractivity contribution in [1.82, 2.24) is 9.80 Å². The van der Waals surface area contributed by atoms with Gasteiger partial charge in [0.15, 0.2) is 5.78 Å². The van der Waals surface area contributed by atoms with E-state index in [1.54, 1.807) is 0 Å². The van der Waals surface area contributed by atoms with Gasteiger partial charge in [0.2, 0.25) is 0 Å². The van der Waals surface area contributed by atoms with Crippen molar-refractivity contribution in [2.75, 3.05) is 6.54 Å². The van der Waals surface area contributed by atoms with Gasteiger partial charge in [0.1, 0.15) is 5.82 Å². The molecular formula is C18H19FN2O4. The van der Waals surface area contributed by atoms with E-state index in [1.165, 1.54) is 12.1 Å². The summed E-state index contributed by atoms with van der Waals surface area (Å²) >= 11 is 0. The summed E-state index contributed by atoms with van der Waals surface area (Å²) in [6, 6.07) is 3.79. The largest absolute Gasteiger partial charge is 0.334 e. The summed E-state index contributed by atoms with van der Waals surface area (Å²) in [4.78, 5) is 51.0. The molecular weight excluding hydrogens is 327 g/mol. The van der Waals surface area contributed by atoms with E-state index in [0.29, 0.717) is 11.3 Å². The predicted octanol–water partition coefficient (Wildman–Crippen LogP) is 2.38. The predicted molar refractivity (Wildman–Crippen MR) is 86.1 cm³/mol. The molecule has 2 fully saturated rings. The number of halogens is 1. The number of carbonyl (C=O) groups excluding carboxylic acids is 4. The standard InChI is InChI=1S/C18H19FN2O4/c1-11-4-2-3-5-14(11)21-17(24)16(23)20(18(21)25)10-15(22)12-6-8-13(19)9-7-12/h6-9,11,14H,2-5,10H2,1H3/t11-,14+/m0/s1. The van der Waals surface area contributed by atoms with Crippen LogP contribution in [-0.4, -0.2) is 46.0 Å². The van der Waals surface area contributed by atoms with Gasteiger partial charge in [-0.2, -0.15) is 0 Å². The molecule has 2 aliphatic rings. The molecule has 0 spiro atoms. The first-order valence-corrected chi connectivity index (χ1v) is 8.38. The van der Waals surface area contributed by atoms with Crippen LogP contribution in [0.15, 0.2) is 24.3 Å². The first-order chi connectivity index (χ1) is 11.9. The molecule has 132 valence electrons. The maximum atomic E-state index is 12.9. The van der Waals surface area contributed by atoms with E-state index >= 15 is 0 Å². The zero-order valence-electron chi connectivity index (χ0n) is 13.9. The topological polar surface area (TPSA) is 74.8 Å². The lowest BCUT2D eigenvalue weighted by molar-refractivity contribution is -0.144. The third kappa shape index (κ3) is 3.18. The van der Waals surface area contributed by atoms with Crippen molar-refractivity contribution in [3.05, 3.63) is 35.6 Å². The van der Waals surface area contributed by atoms with Crippen LogP contribution in [0, 0.1) is 11.7 Å². The van der Waals surface area contributed by atoms with Gasteiger partial charge in [0, 0.05) is 11.6 Å². The molecule has 1 aromatic rings. The van der Waals surface area contributed by atoms with Gasteiger partial charge in [0.25, 0.3) is 0 Å². The Bertz CT molecular complexity index is 731. The molecule has 0 aromatic heterocycles. The number of rotatable bonds is 4. The minimum Gasteiger partial charge on any atom is -0.292 e. The quantitative estimate of drug-likeness (QED) is 0.477. The van der Waals surface area contributed by atoms with Crippen molar-refractivity contribution in [1.29, 1.82) is 0 Å². The molecule has 25 heavy (non-hydrogen) atoms. The normalized spacial score (nSPS) is 24.2. The second-order valence-electron chi connectivity index (χ2n) is 6.61. The fourth-order valence-electron chi connectivity index (χ4n) is 3.51. The molecule has 3 rings (SSSR count). The SMILES string of the molecule is C[C@H]1CCCC[C@H]1N1C(=O)C(=O)N(CC(=O)c2ccc(F)cc2)C1=O. The van der Waals surface area contributed by atoms with E-state index in [4.69, 9.17) is 0 Å². The highest BCUT2D eigenvalue weighted by Gasteiger charge is 2.49. The Labute approximate surface area is 144 Å². The average Bonchev–Trinajstić information content (AvgIpc) is 2.80. The second kappa shape index (κ2) is 6.74. The fourth-order valence-corrected chi connectivity index (χ4v) is 3.51. The third-order valence-electron chi connectivity index (χ3n) is 4.95. The molecule has 0 bridgehead atoms. The molecule has 4 amide bonds. The zero-order chi connectivity index (χ0) is 18.1. The van der Waals surface area contributed by atoms with Gasteiger partial charge in [-0.1, -0.05) is 19.8 Å². The average molecular weight is 346 g/mol. The Morgan fingerprint density at radius 1 is 1.08 bits per heavy atom. The highest BCUT2D eigenvalue weighted by Crippen LogP contribution is 2.31. The van der Waals surface area contributed by atoms with E-state index in [1.807, 2.05) is 6.92 Å². The van der Waals surface area contributed by atoms with E-state index in [0.717, 1.165) is 36.3 Å². The highest BCUT2D eigenvalue weighted by atomic mass is 19.1. The highest BCUT2D eigenvalue weighted by molar-refractivity contribution is 6.45. The van der Waals surface area contributed by atoms with Gasteiger partial charge in [-0.3, -0.25) is 19.3 Å². The van der Waals surface area contributed by atoms with Crippen molar-refractivity contribution >= 4 is 23.6 Å². The number of nitrogens with zero attached hydrogens (tertiary/aromatic N) is 2. The number of ketones is 1. The molecule has 0 unspecified atom stereocenters. The van der Waals surface area contributed by atoms with Crippen LogP contribution in [-0.2, 0) is 9.59 Å². The number of carbonyl (C=O) groups is 4. The second-order valence-corrected chi connectivity index (χ2v) is 6.61. The lowest BCUT2D eigenvalue weighted by Gasteiger charge is -2.34. The number of amides is 4. The van der Waals surface area contributed by atoms with E-state index < -0.39 is 36.0 Å². The van der Waals surface area contributed by atoms with Crippen LogP contribution in [0.5, 0.6) is 0 Å². The first kappa shape index (κ1) is 17.3. The summed E-state index contributed by atoms with van der Waals surface area (Å²) in [6.45, 7) is 1.44. The molecule has 1 saturated heterocycles. The lowest BCUT2D eigenvalue weighted by Crippen LogP contribution is -2.46. The Morgan fingerprint density at radius 2 is 1.72 bits per heavy atom. The Balaban J connectivity index is 1.77. The maximum absolute atomic E-state index is 12.9. The van der Waals surface area contributed by atoms with Crippen molar-refractivity contribution in [2.24, 2.45) is 5.92 Å². The summed E-state index contributed by atoms with van der Waals surface area (Å²) in [7, 11) is 0. The minimum absolute atomic E-state index is 0.127. The molecule has 1 aliphatic heterocycles. The van der Waals surface area contributed by atoms with Crippen molar-refractivity contribution < 1.29 is 23.6 Å². The first-order valence-electron chi connectivity index (χ1n) is 8.38. The Hall–Kier alpha value is -2.57. The molecule has 7 heteroatoms. The lowest BCUT2D eigenvalue weighted by atomic mass is 9.85. The number of hydrogen-bond acceptors (Lipinski definition) is 4. The molecule has 1 saturated carbocycles. The number of hydrogen-bond donors (Lipinski definition) is 0. The van der Waals surface area contributed by atoms with Gasteiger partial charge in [-0.25, -0.2) is 14.1 Å². The molecule has 6 nitrogen and oxygen atoms in total. The summed E-state index contributed by atoms with van der Waals surface area (Å²) in [5, 5.41) is 0. The van der Waals surface area contributed by atoms with Gasteiger partial charge in [-0.05, 0) is 43.0 Å². The Morgan fingerprint density at radius 3 is 2.36 bits per heavy atom. The van der Waals surface area contributed by atoms with Crippen LogP contribution in [0.2, 0.25) is 0 Å². The number of Topliss-reactive ketones (excluding diaryl/α,β-unsaturated/α-hetero) is 1. The summed E-state index contributed by atoms with van der Waals surface area (Å²) < 4.78 is 12.9. The van der Waals surface area contributed by atoms with E-state index in [2.05, 4.69) is 0 Å². The van der Waals surface area contributed by atoms with Crippen molar-refractivity contribution in [3.8, 4) is 0 Å². The van der Waals surface area contributed by atoms with E-state index in [9.17, 15) is 23.6 Å². The van der Waals surface area contributed by atoms with Gasteiger partial charge in [-0.15, -0.1) is 0 Å². The van der Waals surface area contributed by atoms with Crippen molar-refractivity contribution in [2.45, 2.75) is 38.6 Å². The van der Waals surface area contributed by atoms with Crippen LogP contribution in [0.4, 0.5) is 9.18 Å². The van der Waals surface area contributed by atoms with Gasteiger partial charge in [0.05, 0.1) is 6.54 Å². The number of urea groups is 1. The monoisotopic (exact) mass is 346 g/mol. The summed E-state index contributed by atoms with van der Waals surface area (Å²) in [6.07, 6.45) is 3.50. The molecule has 0 N–H and O–H groups in total. The summed E-state index contributed by atoms with van der Waals surface area (Å²) in [5.74, 6) is -2.72. The smallest absolute Gasteiger partial charge is 0.292 e. The van der Waals surface area contributed by atoms with Crippen LogP contribution in [0.1, 0.15) is 43.0 Å². The van der Waals surface area contributed by atoms with Gasteiger partial charge >= 0.3 is 17.8 Å². The van der Waals surface area contributed by atoms with Crippen molar-refractivity contribution in [3.63, 3.8) is 0 Å². The molecule has 1 aliphatic carbocycles. The van der Waals surface area contributed by atoms with E-state index in [-0.39, 0.29) is 17.5 Å².